The minimum atomic E-state index is -1.21. The zero-order valence-corrected chi connectivity index (χ0v) is 16.3. The molecule has 0 aromatic carbocycles. The van der Waals surface area contributed by atoms with Gasteiger partial charge in [-0.2, -0.15) is 0 Å². The zero-order chi connectivity index (χ0) is 19.5. The maximum absolute atomic E-state index is 12.5. The molecular weight excluding hydrogens is 398 g/mol. The summed E-state index contributed by atoms with van der Waals surface area (Å²) in [6, 6.07) is -1.86. The van der Waals surface area contributed by atoms with Gasteiger partial charge >= 0.3 is 17.8 Å². The molecule has 0 fully saturated rings. The molecule has 0 spiro atoms. The summed E-state index contributed by atoms with van der Waals surface area (Å²) in [5.41, 5.74) is -2.07. The van der Waals surface area contributed by atoms with E-state index in [1.807, 2.05) is 0 Å². The van der Waals surface area contributed by atoms with Gasteiger partial charge < -0.3 is 15.2 Å². The smallest absolute Gasteiger partial charge is 0.407 e. The van der Waals surface area contributed by atoms with Crippen LogP contribution in [0.2, 0.25) is 0 Å². The van der Waals surface area contributed by atoms with E-state index in [0.29, 0.717) is 0 Å². The van der Waals surface area contributed by atoms with Crippen molar-refractivity contribution in [2.24, 2.45) is 0 Å². The van der Waals surface area contributed by atoms with Crippen molar-refractivity contribution in [2.45, 2.75) is 52.3 Å². The predicted molar refractivity (Wildman–Crippen MR) is 94.0 cm³/mol. The standard InChI is InChI=1S/C15H22BrN3O6/c1-8(6-17-13(23)25-15(3,4)5)19-11(20)10(16)7-18(14(19)24)9(2)12(21)22/h7-9H,6H2,1-5H3,(H,17,23)(H,21,22)/t8-,9?/m0/s1. The average Bonchev–Trinajstić information content (AvgIpc) is 2.46. The molecule has 0 bridgehead atoms. The van der Waals surface area contributed by atoms with Crippen molar-refractivity contribution >= 4 is 28.0 Å². The van der Waals surface area contributed by atoms with Crippen LogP contribution in [0.5, 0.6) is 0 Å². The highest BCUT2D eigenvalue weighted by Crippen LogP contribution is 2.09. The molecule has 1 unspecified atom stereocenters. The number of carboxylic acids is 1. The van der Waals surface area contributed by atoms with Gasteiger partial charge in [-0.25, -0.2) is 14.4 Å². The molecule has 140 valence electrons. The number of hydrogen-bond acceptors (Lipinski definition) is 5. The van der Waals surface area contributed by atoms with Crippen LogP contribution in [0.3, 0.4) is 0 Å². The fourth-order valence-electron chi connectivity index (χ4n) is 1.98. The van der Waals surface area contributed by atoms with Crippen molar-refractivity contribution in [1.82, 2.24) is 14.5 Å². The fraction of sp³-hybridized carbons (Fsp3) is 0.600. The quantitative estimate of drug-likeness (QED) is 0.745. The normalized spacial score (nSPS) is 13.8. The number of rotatable bonds is 5. The molecule has 25 heavy (non-hydrogen) atoms. The van der Waals surface area contributed by atoms with Crippen molar-refractivity contribution in [2.75, 3.05) is 6.54 Å². The van der Waals surface area contributed by atoms with E-state index < -0.39 is 41.0 Å². The topological polar surface area (TPSA) is 120 Å². The molecule has 0 radical (unpaired) electrons. The van der Waals surface area contributed by atoms with Crippen LogP contribution in [0.15, 0.2) is 20.3 Å². The monoisotopic (exact) mass is 419 g/mol. The number of carboxylic acid groups (broad SMARTS) is 1. The number of carbonyl (C=O) groups is 2. The van der Waals surface area contributed by atoms with E-state index in [2.05, 4.69) is 21.2 Å². The molecule has 1 rings (SSSR count). The Morgan fingerprint density at radius 1 is 1.32 bits per heavy atom. The maximum Gasteiger partial charge on any atom is 0.407 e. The van der Waals surface area contributed by atoms with Gasteiger partial charge in [0.15, 0.2) is 0 Å². The summed E-state index contributed by atoms with van der Waals surface area (Å²) in [4.78, 5) is 47.6. The fourth-order valence-corrected chi connectivity index (χ4v) is 2.39. The van der Waals surface area contributed by atoms with Gasteiger partial charge in [0.05, 0.1) is 10.5 Å². The van der Waals surface area contributed by atoms with E-state index in [9.17, 15) is 19.2 Å². The number of carbonyl (C=O) groups excluding carboxylic acids is 1. The number of aliphatic carboxylic acids is 1. The van der Waals surface area contributed by atoms with Crippen LogP contribution < -0.4 is 16.6 Å². The predicted octanol–water partition coefficient (Wildman–Crippen LogP) is 1.50. The number of amides is 1. The average molecular weight is 420 g/mol. The third-order valence-corrected chi connectivity index (χ3v) is 3.80. The summed E-state index contributed by atoms with van der Waals surface area (Å²) in [6.45, 7) is 7.97. The molecule has 0 saturated carbocycles. The van der Waals surface area contributed by atoms with E-state index in [1.165, 1.54) is 6.92 Å². The number of aromatic nitrogens is 2. The van der Waals surface area contributed by atoms with Gasteiger partial charge in [0.25, 0.3) is 5.56 Å². The van der Waals surface area contributed by atoms with Crippen LogP contribution in [0.1, 0.15) is 46.7 Å². The van der Waals surface area contributed by atoms with E-state index in [-0.39, 0.29) is 11.0 Å². The molecule has 1 amide bonds. The van der Waals surface area contributed by atoms with E-state index >= 15 is 0 Å². The number of ether oxygens (including phenoxy) is 1. The third-order valence-electron chi connectivity index (χ3n) is 3.26. The van der Waals surface area contributed by atoms with E-state index in [0.717, 1.165) is 15.3 Å². The lowest BCUT2D eigenvalue weighted by atomic mass is 10.2. The van der Waals surface area contributed by atoms with Gasteiger partial charge in [-0.3, -0.25) is 13.9 Å². The third kappa shape index (κ3) is 5.45. The number of halogens is 1. The maximum atomic E-state index is 12.5. The minimum Gasteiger partial charge on any atom is -0.480 e. The van der Waals surface area contributed by atoms with E-state index in [1.54, 1.807) is 27.7 Å². The van der Waals surface area contributed by atoms with Crippen molar-refractivity contribution in [3.05, 3.63) is 31.5 Å². The van der Waals surface area contributed by atoms with Crippen LogP contribution in [0.25, 0.3) is 0 Å². The first-order valence-electron chi connectivity index (χ1n) is 7.58. The summed E-state index contributed by atoms with van der Waals surface area (Å²) < 4.78 is 6.97. The lowest BCUT2D eigenvalue weighted by Gasteiger charge is -2.22. The second kappa shape index (κ2) is 7.85. The number of nitrogens with one attached hydrogen (secondary N) is 1. The molecule has 2 N–H and O–H groups in total. The van der Waals surface area contributed by atoms with Gasteiger partial charge in [0, 0.05) is 12.7 Å². The van der Waals surface area contributed by atoms with Crippen molar-refractivity contribution in [3.8, 4) is 0 Å². The molecule has 0 saturated heterocycles. The molecule has 10 heteroatoms. The summed E-state index contributed by atoms with van der Waals surface area (Å²) in [5, 5.41) is 11.6. The van der Waals surface area contributed by atoms with Crippen molar-refractivity contribution in [3.63, 3.8) is 0 Å². The molecule has 9 nitrogen and oxygen atoms in total. The van der Waals surface area contributed by atoms with Crippen LogP contribution in [0, 0.1) is 0 Å². The lowest BCUT2D eigenvalue weighted by molar-refractivity contribution is -0.140. The molecule has 2 atom stereocenters. The molecule has 0 aliphatic rings. The SMILES string of the molecule is CC(C(=O)O)n1cc(Br)c(=O)n([C@@H](C)CNC(=O)OC(C)(C)C)c1=O. The minimum absolute atomic E-state index is 0.0397. The summed E-state index contributed by atoms with van der Waals surface area (Å²) >= 11 is 3.04. The van der Waals surface area contributed by atoms with Gasteiger partial charge in [0.2, 0.25) is 0 Å². The Bertz CT molecular complexity index is 777. The van der Waals surface area contributed by atoms with Crippen LogP contribution in [0.4, 0.5) is 4.79 Å². The Balaban J connectivity index is 3.12. The highest BCUT2D eigenvalue weighted by Gasteiger charge is 2.22. The number of nitrogens with zero attached hydrogens (tertiary/aromatic N) is 2. The highest BCUT2D eigenvalue weighted by atomic mass is 79.9. The Kier molecular flexibility index (Phi) is 6.58. The molecule has 1 aromatic heterocycles. The molecule has 0 aliphatic carbocycles. The Morgan fingerprint density at radius 2 is 1.88 bits per heavy atom. The second-order valence-electron chi connectivity index (χ2n) is 6.59. The van der Waals surface area contributed by atoms with Crippen molar-refractivity contribution < 1.29 is 19.4 Å². The zero-order valence-electron chi connectivity index (χ0n) is 14.7. The Hall–Kier alpha value is -2.10. The first-order valence-corrected chi connectivity index (χ1v) is 8.37. The summed E-state index contributed by atoms with van der Waals surface area (Å²) in [7, 11) is 0. The molecular formula is C15H22BrN3O6. The summed E-state index contributed by atoms with van der Waals surface area (Å²) in [6.07, 6.45) is 0.468. The summed E-state index contributed by atoms with van der Waals surface area (Å²) in [5.74, 6) is -1.21. The Morgan fingerprint density at radius 3 is 2.36 bits per heavy atom. The largest absolute Gasteiger partial charge is 0.480 e. The van der Waals surface area contributed by atoms with Gasteiger partial charge in [-0.1, -0.05) is 0 Å². The Labute approximate surface area is 152 Å². The van der Waals surface area contributed by atoms with Crippen LogP contribution in [-0.2, 0) is 9.53 Å². The molecule has 1 heterocycles. The lowest BCUT2D eigenvalue weighted by Crippen LogP contribution is -2.46. The van der Waals surface area contributed by atoms with E-state index in [4.69, 9.17) is 9.84 Å². The van der Waals surface area contributed by atoms with Gasteiger partial charge in [0.1, 0.15) is 11.6 Å². The molecule has 0 aliphatic heterocycles. The van der Waals surface area contributed by atoms with Crippen LogP contribution >= 0.6 is 15.9 Å². The molecule has 1 aromatic rings. The van der Waals surface area contributed by atoms with Crippen LogP contribution in [-0.4, -0.2) is 38.4 Å². The number of hydrogen-bond donors (Lipinski definition) is 2. The van der Waals surface area contributed by atoms with Gasteiger partial charge in [-0.15, -0.1) is 0 Å². The first-order chi connectivity index (χ1) is 11.3. The van der Waals surface area contributed by atoms with Gasteiger partial charge in [-0.05, 0) is 50.5 Å². The number of alkyl carbamates (subject to hydrolysis) is 1. The second-order valence-corrected chi connectivity index (χ2v) is 7.44. The first kappa shape index (κ1) is 20.9. The van der Waals surface area contributed by atoms with Crippen molar-refractivity contribution in [1.29, 1.82) is 0 Å². The highest BCUT2D eigenvalue weighted by molar-refractivity contribution is 9.10.